The highest BCUT2D eigenvalue weighted by molar-refractivity contribution is 6.12. The number of pyridine rings is 2. The Balaban J connectivity index is 0.910. The minimum Gasteiger partial charge on any atom is -0.384 e. The lowest BCUT2D eigenvalue weighted by Gasteiger charge is -2.35. The molecule has 1 aromatic carbocycles. The van der Waals surface area contributed by atoms with Crippen molar-refractivity contribution in [3.63, 3.8) is 0 Å². The van der Waals surface area contributed by atoms with Crippen molar-refractivity contribution in [1.82, 2.24) is 40.0 Å². The fourth-order valence-corrected chi connectivity index (χ4v) is 7.87. The van der Waals surface area contributed by atoms with Gasteiger partial charge in [-0.25, -0.2) is 9.97 Å². The van der Waals surface area contributed by atoms with Gasteiger partial charge in [0.15, 0.2) is 5.78 Å². The lowest BCUT2D eigenvalue weighted by atomic mass is 10.0. The van der Waals surface area contributed by atoms with Gasteiger partial charge in [0, 0.05) is 76.7 Å². The molecule has 0 unspecified atom stereocenters. The van der Waals surface area contributed by atoms with Gasteiger partial charge in [0.1, 0.15) is 23.1 Å². The number of amides is 2. The molecule has 2 fully saturated rings. The Kier molecular flexibility index (Phi) is 15.3. The average Bonchev–Trinajstić information content (AvgIpc) is 3.80. The Morgan fingerprint density at radius 2 is 1.71 bits per heavy atom. The number of nitrogens with zero attached hydrogens (tertiary/aromatic N) is 8. The van der Waals surface area contributed by atoms with Crippen LogP contribution in [0.25, 0.3) is 11.0 Å². The number of hydrogen-bond acceptors (Lipinski definition) is 14. The average molecular weight is 857 g/mol. The largest absolute Gasteiger partial charge is 0.384 e. The van der Waals surface area contributed by atoms with Crippen LogP contribution in [0, 0.1) is 29.1 Å². The van der Waals surface area contributed by atoms with Crippen LogP contribution >= 0.6 is 0 Å². The number of anilines is 4. The molecule has 3 aromatic heterocycles. The van der Waals surface area contributed by atoms with Crippen molar-refractivity contribution in [3.8, 4) is 6.07 Å². The molecule has 6 rings (SSSR count). The van der Waals surface area contributed by atoms with Gasteiger partial charge in [0.2, 0.25) is 11.9 Å². The summed E-state index contributed by atoms with van der Waals surface area (Å²) in [6.07, 6.45) is 12.4. The van der Waals surface area contributed by atoms with Crippen molar-refractivity contribution < 1.29 is 14.4 Å². The summed E-state index contributed by atoms with van der Waals surface area (Å²) in [5.74, 6) is 0.124. The third-order valence-electron chi connectivity index (χ3n) is 11.4. The van der Waals surface area contributed by atoms with Gasteiger partial charge in [-0.2, -0.15) is 10.2 Å². The molecule has 2 aliphatic rings. The zero-order valence-corrected chi connectivity index (χ0v) is 36.4. The molecule has 1 aliphatic heterocycles. The predicted molar refractivity (Wildman–Crippen MR) is 244 cm³/mol. The van der Waals surface area contributed by atoms with E-state index in [-0.39, 0.29) is 40.5 Å². The number of Topliss-reactive ketones (excluding diaryl/α,β-unsaturated/α-hetero) is 1. The number of carbonyl (C=O) groups excluding carboxylic acids is 3. The molecule has 1 saturated carbocycles. The van der Waals surface area contributed by atoms with Gasteiger partial charge in [-0.15, -0.1) is 0 Å². The van der Waals surface area contributed by atoms with Gasteiger partial charge >= 0.3 is 0 Å². The third-order valence-corrected chi connectivity index (χ3v) is 11.4. The first-order chi connectivity index (χ1) is 30.3. The number of carbonyl (C=O) groups is 3. The second-order valence-electron chi connectivity index (χ2n) is 16.1. The highest BCUT2D eigenvalue weighted by atomic mass is 16.2. The van der Waals surface area contributed by atoms with Gasteiger partial charge in [0.25, 0.3) is 11.5 Å². The molecule has 4 aromatic rings. The quantitative estimate of drug-likeness (QED) is 0.0364. The number of nitriles is 1. The maximum Gasteiger partial charge on any atom is 0.263 e. The number of amidine groups is 2. The number of nitrogens with one attached hydrogen (secondary N) is 6. The van der Waals surface area contributed by atoms with E-state index in [1.165, 1.54) is 19.1 Å². The predicted octanol–water partition coefficient (Wildman–Crippen LogP) is 4.75. The van der Waals surface area contributed by atoms with Gasteiger partial charge in [-0.3, -0.25) is 39.5 Å². The molecular formula is C45H56N14O4. The molecule has 18 nitrogen and oxygen atoms in total. The van der Waals surface area contributed by atoms with Crippen molar-refractivity contribution in [3.05, 3.63) is 87.5 Å². The zero-order valence-electron chi connectivity index (χ0n) is 36.4. The normalized spacial score (nSPS) is 14.4. The van der Waals surface area contributed by atoms with E-state index in [2.05, 4.69) is 47.1 Å². The molecule has 330 valence electrons. The van der Waals surface area contributed by atoms with Crippen molar-refractivity contribution in [2.75, 3.05) is 75.4 Å². The SMILES string of the molecule is CC(=O)c1c(C)c2cnc(Nc3ccc(N4CCN(CC(=O)NCCCCCNc5cc(C#N)ccc5C(=O)NC(=N)/C=C\C(=N)N(C)C)CC4)cn3)nc2n(C2CCCC2)c1=O. The van der Waals surface area contributed by atoms with Crippen LogP contribution in [0.15, 0.2) is 59.7 Å². The minimum absolute atomic E-state index is 0.00797. The maximum atomic E-state index is 13.6. The number of aryl methyl sites for hydroxylation is 1. The number of piperazine rings is 1. The summed E-state index contributed by atoms with van der Waals surface area (Å²) in [5.41, 5.74) is 3.18. The number of aromatic nitrogens is 4. The van der Waals surface area contributed by atoms with E-state index in [4.69, 9.17) is 15.8 Å². The molecule has 1 saturated heterocycles. The summed E-state index contributed by atoms with van der Waals surface area (Å²) in [5, 5.41) is 37.9. The van der Waals surface area contributed by atoms with Gasteiger partial charge in [-0.1, -0.05) is 12.8 Å². The van der Waals surface area contributed by atoms with Crippen LogP contribution in [-0.4, -0.2) is 118 Å². The maximum absolute atomic E-state index is 13.6. The molecule has 2 amide bonds. The van der Waals surface area contributed by atoms with Crippen LogP contribution in [0.5, 0.6) is 0 Å². The van der Waals surface area contributed by atoms with Gasteiger partial charge in [-0.05, 0) is 94.0 Å². The van der Waals surface area contributed by atoms with Gasteiger partial charge in [0.05, 0.1) is 41.2 Å². The second kappa shape index (κ2) is 21.2. The van der Waals surface area contributed by atoms with Crippen molar-refractivity contribution in [2.24, 2.45) is 0 Å². The van der Waals surface area contributed by atoms with Crippen molar-refractivity contribution in [2.45, 2.75) is 64.8 Å². The van der Waals surface area contributed by atoms with Crippen molar-refractivity contribution >= 4 is 63.4 Å². The van der Waals surface area contributed by atoms with Crippen LogP contribution in [0.4, 0.5) is 23.1 Å². The summed E-state index contributed by atoms with van der Waals surface area (Å²) in [7, 11) is 3.42. The van der Waals surface area contributed by atoms with E-state index in [9.17, 15) is 24.4 Å². The number of benzene rings is 1. The lowest BCUT2D eigenvalue weighted by Crippen LogP contribution is -2.49. The number of likely N-dealkylation sites (N-methyl/N-ethyl adjacent to an activating group) is 1. The summed E-state index contributed by atoms with van der Waals surface area (Å²) >= 11 is 0. The molecule has 0 radical (unpaired) electrons. The van der Waals surface area contributed by atoms with Crippen LogP contribution in [0.2, 0.25) is 0 Å². The molecule has 4 heterocycles. The molecule has 63 heavy (non-hydrogen) atoms. The Labute approximate surface area is 366 Å². The first-order valence-electron chi connectivity index (χ1n) is 21.3. The fraction of sp³-hybridized carbons (Fsp3) is 0.422. The van der Waals surface area contributed by atoms with Crippen LogP contribution < -0.4 is 31.7 Å². The molecule has 0 spiro atoms. The van der Waals surface area contributed by atoms with E-state index in [1.807, 2.05) is 12.1 Å². The Morgan fingerprint density at radius 3 is 2.40 bits per heavy atom. The second-order valence-corrected chi connectivity index (χ2v) is 16.1. The van der Waals surface area contributed by atoms with E-state index in [0.717, 1.165) is 76.8 Å². The first-order valence-corrected chi connectivity index (χ1v) is 21.3. The summed E-state index contributed by atoms with van der Waals surface area (Å²) in [6.45, 7) is 7.55. The standard InChI is InChI=1S/C45H56N14O4/c1-29-35-27-52-45(55-42(35)59(32-10-6-7-11-32)44(63)41(29)30(2)60)54-39-17-13-33(26-51-39)58-22-20-57(21-23-58)28-40(61)50-19-9-5-8-18-49-36-24-31(25-46)12-14-34(36)43(62)53-37(47)15-16-38(48)56(3)4/h12-17,24,26-27,32,48-49H,5-11,18-23,28H2,1-4H3,(H,50,61)(H2,47,53,62)(H,51,52,54,55)/b16-15-,48-38?. The van der Waals surface area contributed by atoms with E-state index in [0.29, 0.717) is 64.8 Å². The van der Waals surface area contributed by atoms with E-state index < -0.39 is 5.91 Å². The fourth-order valence-electron chi connectivity index (χ4n) is 7.87. The number of ketones is 1. The Morgan fingerprint density at radius 1 is 0.968 bits per heavy atom. The van der Waals surface area contributed by atoms with Crippen LogP contribution in [0.1, 0.15) is 89.8 Å². The van der Waals surface area contributed by atoms with E-state index in [1.54, 1.807) is 61.1 Å². The number of fused-ring (bicyclic) bond motifs is 1. The topological polar surface area (TPSA) is 241 Å². The van der Waals surface area contributed by atoms with Gasteiger partial charge < -0.3 is 31.1 Å². The third kappa shape index (κ3) is 11.7. The van der Waals surface area contributed by atoms with Crippen molar-refractivity contribution in [1.29, 1.82) is 16.1 Å². The van der Waals surface area contributed by atoms with E-state index >= 15 is 0 Å². The molecule has 6 N–H and O–H groups in total. The van der Waals surface area contributed by atoms with Crippen LogP contribution in [-0.2, 0) is 4.79 Å². The first kappa shape index (κ1) is 45.5. The highest BCUT2D eigenvalue weighted by Crippen LogP contribution is 2.32. The number of rotatable bonds is 17. The molecule has 18 heteroatoms. The molecule has 0 bridgehead atoms. The lowest BCUT2D eigenvalue weighted by molar-refractivity contribution is -0.122. The van der Waals surface area contributed by atoms with Crippen LogP contribution in [0.3, 0.4) is 0 Å². The summed E-state index contributed by atoms with van der Waals surface area (Å²) < 4.78 is 1.70. The molecule has 0 atom stereocenters. The highest BCUT2D eigenvalue weighted by Gasteiger charge is 2.26. The minimum atomic E-state index is -0.498. The Hall–Kier alpha value is -7.00. The smallest absolute Gasteiger partial charge is 0.263 e. The number of unbranched alkanes of at least 4 members (excludes halogenated alkanes) is 2. The zero-order chi connectivity index (χ0) is 45.0. The molecule has 1 aliphatic carbocycles. The summed E-state index contributed by atoms with van der Waals surface area (Å²) in [4.78, 5) is 71.6. The monoisotopic (exact) mass is 856 g/mol. The number of hydrogen-bond donors (Lipinski definition) is 6. The Bertz CT molecular complexity index is 2480. The summed E-state index contributed by atoms with van der Waals surface area (Å²) in [6, 6.07) is 10.6. The molecular weight excluding hydrogens is 801 g/mol.